The monoisotopic (exact) mass is 376 g/mol. The molecule has 1 aliphatic carbocycles. The number of β-amino-alcohol motifs (C(OH)–C–C–N with tert-alkyl or cyclic N) is 1. The van der Waals surface area contributed by atoms with Crippen LogP contribution in [0.3, 0.4) is 0 Å². The van der Waals surface area contributed by atoms with E-state index in [1.165, 1.54) is 24.4 Å². The molecular weight excluding hydrogens is 354 g/mol. The van der Waals surface area contributed by atoms with Gasteiger partial charge in [-0.15, -0.1) is 0 Å². The van der Waals surface area contributed by atoms with Crippen molar-refractivity contribution in [2.24, 2.45) is 11.8 Å². The van der Waals surface area contributed by atoms with Crippen molar-refractivity contribution >= 4 is 0 Å². The van der Waals surface area contributed by atoms with Crippen LogP contribution >= 0.6 is 0 Å². The molecule has 0 spiro atoms. The quantitative estimate of drug-likeness (QED) is 0.786. The summed E-state index contributed by atoms with van der Waals surface area (Å²) in [5, 5.41) is 19.6. The number of aromatic hydroxyl groups is 1. The maximum Gasteiger partial charge on any atom is 0.255 e. The molecule has 0 radical (unpaired) electrons. The van der Waals surface area contributed by atoms with E-state index in [-0.39, 0.29) is 11.9 Å². The Morgan fingerprint density at radius 1 is 1.19 bits per heavy atom. The van der Waals surface area contributed by atoms with E-state index >= 15 is 0 Å². The highest BCUT2D eigenvalue weighted by Crippen LogP contribution is 2.40. The molecule has 27 heavy (non-hydrogen) atoms. The van der Waals surface area contributed by atoms with Crippen LogP contribution in [0.4, 0.5) is 8.78 Å². The van der Waals surface area contributed by atoms with Crippen molar-refractivity contribution in [3.8, 4) is 11.5 Å². The summed E-state index contributed by atoms with van der Waals surface area (Å²) in [6, 6.07) is 7.21. The predicted octanol–water partition coefficient (Wildman–Crippen LogP) is 2.89. The number of halogens is 2. The Hall–Kier alpha value is -2.25. The molecule has 1 aromatic carbocycles. The Morgan fingerprint density at radius 3 is 2.59 bits per heavy atom. The highest BCUT2D eigenvalue weighted by Gasteiger charge is 2.42. The first-order chi connectivity index (χ1) is 13.0. The number of benzene rings is 1. The SMILES string of the molecule is Oc1ccc(C(O)CN2C[C@H]3C[C@@H](Oc4cccnc4F)C[C@H]3C2)cc1F. The molecule has 2 N–H and O–H groups in total. The molecule has 2 heterocycles. The van der Waals surface area contributed by atoms with E-state index in [9.17, 15) is 19.0 Å². The van der Waals surface area contributed by atoms with E-state index in [0.29, 0.717) is 23.9 Å². The van der Waals surface area contributed by atoms with Crippen LogP contribution in [-0.2, 0) is 0 Å². The molecule has 2 fully saturated rings. The molecule has 4 atom stereocenters. The van der Waals surface area contributed by atoms with Gasteiger partial charge in [0.1, 0.15) is 0 Å². The molecule has 4 rings (SSSR count). The van der Waals surface area contributed by atoms with Gasteiger partial charge in [-0.25, -0.2) is 9.37 Å². The number of hydrogen-bond acceptors (Lipinski definition) is 5. The van der Waals surface area contributed by atoms with E-state index in [1.54, 1.807) is 12.1 Å². The van der Waals surface area contributed by atoms with E-state index in [4.69, 9.17) is 4.74 Å². The molecule has 1 aliphatic heterocycles. The number of likely N-dealkylation sites (tertiary alicyclic amines) is 1. The normalized spacial score (nSPS) is 26.1. The molecule has 1 aromatic heterocycles. The summed E-state index contributed by atoms with van der Waals surface area (Å²) >= 11 is 0. The summed E-state index contributed by atoms with van der Waals surface area (Å²) in [6.45, 7) is 2.08. The summed E-state index contributed by atoms with van der Waals surface area (Å²) in [4.78, 5) is 5.78. The molecule has 144 valence electrons. The summed E-state index contributed by atoms with van der Waals surface area (Å²) < 4.78 is 32.9. The number of phenolic OH excluding ortho intramolecular Hbond substituents is 1. The summed E-state index contributed by atoms with van der Waals surface area (Å²) in [5.74, 6) is -0.647. The lowest BCUT2D eigenvalue weighted by molar-refractivity contribution is 0.115. The molecule has 1 saturated heterocycles. The Morgan fingerprint density at radius 2 is 1.93 bits per heavy atom. The molecule has 0 amide bonds. The molecule has 7 heteroatoms. The van der Waals surface area contributed by atoms with Gasteiger partial charge in [0.15, 0.2) is 17.3 Å². The van der Waals surface area contributed by atoms with Gasteiger partial charge in [0.25, 0.3) is 5.95 Å². The van der Waals surface area contributed by atoms with Gasteiger partial charge in [-0.2, -0.15) is 4.39 Å². The Bertz CT molecular complexity index is 806. The number of hydrogen-bond donors (Lipinski definition) is 2. The number of ether oxygens (including phenoxy) is 1. The molecule has 1 saturated carbocycles. The minimum atomic E-state index is -0.810. The number of aliphatic hydroxyl groups excluding tert-OH is 1. The third kappa shape index (κ3) is 3.89. The van der Waals surface area contributed by atoms with Crippen LogP contribution < -0.4 is 4.74 Å². The summed E-state index contributed by atoms with van der Waals surface area (Å²) in [6.07, 6.45) is 2.26. The van der Waals surface area contributed by atoms with E-state index < -0.39 is 23.6 Å². The highest BCUT2D eigenvalue weighted by molar-refractivity contribution is 5.29. The van der Waals surface area contributed by atoms with Crippen molar-refractivity contribution in [3.05, 3.63) is 53.9 Å². The first-order valence-corrected chi connectivity index (χ1v) is 9.15. The van der Waals surface area contributed by atoms with Crippen LogP contribution in [-0.4, -0.2) is 45.8 Å². The fraction of sp³-hybridized carbons (Fsp3) is 0.450. The lowest BCUT2D eigenvalue weighted by Gasteiger charge is -2.22. The van der Waals surface area contributed by atoms with Crippen LogP contribution in [0.5, 0.6) is 11.5 Å². The van der Waals surface area contributed by atoms with Crippen molar-refractivity contribution in [1.82, 2.24) is 9.88 Å². The second-order valence-corrected chi connectivity index (χ2v) is 7.47. The zero-order chi connectivity index (χ0) is 19.0. The maximum absolute atomic E-state index is 13.6. The van der Waals surface area contributed by atoms with Crippen LogP contribution in [0, 0.1) is 23.6 Å². The minimum Gasteiger partial charge on any atom is -0.505 e. The molecular formula is C20H22F2N2O3. The van der Waals surface area contributed by atoms with Crippen molar-refractivity contribution in [1.29, 1.82) is 0 Å². The number of rotatable bonds is 5. The topological polar surface area (TPSA) is 65.8 Å². The maximum atomic E-state index is 13.6. The Balaban J connectivity index is 1.30. The number of fused-ring (bicyclic) bond motifs is 1. The molecule has 0 bridgehead atoms. The van der Waals surface area contributed by atoms with Gasteiger partial charge in [-0.05, 0) is 54.5 Å². The van der Waals surface area contributed by atoms with E-state index in [2.05, 4.69) is 9.88 Å². The zero-order valence-electron chi connectivity index (χ0n) is 14.8. The highest BCUT2D eigenvalue weighted by atomic mass is 19.1. The fourth-order valence-corrected chi connectivity index (χ4v) is 4.31. The summed E-state index contributed by atoms with van der Waals surface area (Å²) in [5.41, 5.74) is 0.454. The second-order valence-electron chi connectivity index (χ2n) is 7.47. The van der Waals surface area contributed by atoms with Crippen LogP contribution in [0.1, 0.15) is 24.5 Å². The number of aliphatic hydroxyl groups is 1. The van der Waals surface area contributed by atoms with Crippen molar-refractivity contribution in [2.45, 2.75) is 25.0 Å². The van der Waals surface area contributed by atoms with Gasteiger partial charge < -0.3 is 14.9 Å². The van der Waals surface area contributed by atoms with Crippen molar-refractivity contribution < 1.29 is 23.7 Å². The smallest absolute Gasteiger partial charge is 0.255 e. The van der Waals surface area contributed by atoms with Gasteiger partial charge in [0.2, 0.25) is 0 Å². The second kappa shape index (κ2) is 7.40. The standard InChI is InChI=1S/C20H22F2N2O3/c21-16-8-12(3-4-17(16)25)18(26)11-24-9-13-6-15(7-14(13)10-24)27-19-2-1-5-23-20(19)22/h1-5,8,13-15,18,25-26H,6-7,9-11H2/t13-,14+,15-,18?. The van der Waals surface area contributed by atoms with Crippen LogP contribution in [0.25, 0.3) is 0 Å². The third-order valence-corrected chi connectivity index (χ3v) is 5.59. The average molecular weight is 376 g/mol. The van der Waals surface area contributed by atoms with Crippen LogP contribution in [0.15, 0.2) is 36.5 Å². The molecule has 5 nitrogen and oxygen atoms in total. The minimum absolute atomic E-state index is 0.0167. The predicted molar refractivity (Wildman–Crippen MR) is 94.3 cm³/mol. The lowest BCUT2D eigenvalue weighted by atomic mass is 10.0. The molecule has 2 aliphatic rings. The van der Waals surface area contributed by atoms with Crippen LogP contribution in [0.2, 0.25) is 0 Å². The van der Waals surface area contributed by atoms with Gasteiger partial charge in [-0.3, -0.25) is 4.90 Å². The van der Waals surface area contributed by atoms with Gasteiger partial charge in [-0.1, -0.05) is 6.07 Å². The largest absolute Gasteiger partial charge is 0.505 e. The lowest BCUT2D eigenvalue weighted by Crippen LogP contribution is -2.29. The first-order valence-electron chi connectivity index (χ1n) is 9.15. The van der Waals surface area contributed by atoms with Gasteiger partial charge in [0, 0.05) is 25.8 Å². The van der Waals surface area contributed by atoms with E-state index in [0.717, 1.165) is 25.9 Å². The zero-order valence-corrected chi connectivity index (χ0v) is 14.8. The fourth-order valence-electron chi connectivity index (χ4n) is 4.31. The summed E-state index contributed by atoms with van der Waals surface area (Å²) in [7, 11) is 0. The van der Waals surface area contributed by atoms with Crippen molar-refractivity contribution in [2.75, 3.05) is 19.6 Å². The number of pyridine rings is 1. The molecule has 2 aromatic rings. The Kier molecular flexibility index (Phi) is 4.97. The average Bonchev–Trinajstić information content (AvgIpc) is 3.17. The van der Waals surface area contributed by atoms with Gasteiger partial charge >= 0.3 is 0 Å². The van der Waals surface area contributed by atoms with E-state index in [1.807, 2.05) is 0 Å². The van der Waals surface area contributed by atoms with Gasteiger partial charge in [0.05, 0.1) is 12.2 Å². The van der Waals surface area contributed by atoms with Crippen molar-refractivity contribution in [3.63, 3.8) is 0 Å². The Labute approximate surface area is 156 Å². The first kappa shape index (κ1) is 18.1. The third-order valence-electron chi connectivity index (χ3n) is 5.59. The number of nitrogens with zero attached hydrogens (tertiary/aromatic N) is 2. The molecule has 1 unspecified atom stereocenters. The number of aromatic nitrogens is 1. The number of phenols is 1.